The van der Waals surface area contributed by atoms with E-state index in [0.29, 0.717) is 23.5 Å². The quantitative estimate of drug-likeness (QED) is 0.440. The van der Waals surface area contributed by atoms with Crippen molar-refractivity contribution in [3.05, 3.63) is 64.7 Å². The van der Waals surface area contributed by atoms with Crippen LogP contribution in [0, 0.1) is 0 Å². The molecule has 0 aromatic heterocycles. The van der Waals surface area contributed by atoms with Gasteiger partial charge in [0.1, 0.15) is 17.3 Å². The summed E-state index contributed by atoms with van der Waals surface area (Å²) in [6.07, 6.45) is 5.52. The van der Waals surface area contributed by atoms with E-state index in [9.17, 15) is 14.7 Å². The second-order valence-corrected chi connectivity index (χ2v) is 8.66. The normalized spacial score (nSPS) is 22.7. The number of aliphatic hydroxyl groups excluding tert-OH is 1. The Morgan fingerprint density at radius 1 is 1.09 bits per heavy atom. The smallest absolute Gasteiger partial charge is 0.295 e. The number of para-hydroxylation sites is 1. The zero-order valence-corrected chi connectivity index (χ0v) is 18.2. The molecule has 2 aliphatic heterocycles. The SMILES string of the molecule is COc1ccccc1C1/C(=C(\O)c2ccc3c(c2)CCCO3)C(=O)C(=O)N1C1CCCC1. The maximum Gasteiger partial charge on any atom is 0.295 e. The van der Waals surface area contributed by atoms with E-state index < -0.39 is 17.7 Å². The molecular formula is C26H27NO5. The number of ether oxygens (including phenoxy) is 2. The number of methoxy groups -OCH3 is 1. The molecule has 3 aliphatic rings. The van der Waals surface area contributed by atoms with Crippen molar-refractivity contribution in [2.45, 2.75) is 50.6 Å². The number of nitrogens with zero attached hydrogens (tertiary/aromatic N) is 1. The van der Waals surface area contributed by atoms with Gasteiger partial charge in [0.15, 0.2) is 0 Å². The number of likely N-dealkylation sites (tertiary alicyclic amines) is 1. The average molecular weight is 434 g/mol. The minimum atomic E-state index is -0.679. The van der Waals surface area contributed by atoms with E-state index in [1.54, 1.807) is 18.1 Å². The highest BCUT2D eigenvalue weighted by Crippen LogP contribution is 2.46. The minimum absolute atomic E-state index is 0.0244. The summed E-state index contributed by atoms with van der Waals surface area (Å²) in [7, 11) is 1.57. The lowest BCUT2D eigenvalue weighted by Gasteiger charge is -2.31. The molecule has 1 unspecified atom stereocenters. The summed E-state index contributed by atoms with van der Waals surface area (Å²) < 4.78 is 11.3. The number of hydrogen-bond donors (Lipinski definition) is 1. The van der Waals surface area contributed by atoms with Gasteiger partial charge in [-0.3, -0.25) is 9.59 Å². The van der Waals surface area contributed by atoms with Crippen molar-refractivity contribution in [3.63, 3.8) is 0 Å². The first-order valence-electron chi connectivity index (χ1n) is 11.3. The van der Waals surface area contributed by atoms with Crippen LogP contribution in [0.2, 0.25) is 0 Å². The molecule has 32 heavy (non-hydrogen) atoms. The van der Waals surface area contributed by atoms with Crippen molar-refractivity contribution >= 4 is 17.4 Å². The molecule has 1 atom stereocenters. The standard InChI is InChI=1S/C26H27NO5/c1-31-21-11-5-4-10-19(21)23-22(25(29)26(30)27(23)18-8-2-3-9-18)24(28)17-12-13-20-16(15-17)7-6-14-32-20/h4-5,10-13,15,18,23,28H,2-3,6-9,14H2,1H3/b24-22+. The fourth-order valence-electron chi connectivity index (χ4n) is 5.27. The molecule has 1 N–H and O–H groups in total. The van der Waals surface area contributed by atoms with Gasteiger partial charge in [0.2, 0.25) is 0 Å². The summed E-state index contributed by atoms with van der Waals surface area (Å²) in [6, 6.07) is 12.1. The fourth-order valence-corrected chi connectivity index (χ4v) is 5.27. The van der Waals surface area contributed by atoms with Crippen LogP contribution in [0.25, 0.3) is 5.76 Å². The van der Waals surface area contributed by atoms with Crippen LogP contribution >= 0.6 is 0 Å². The molecule has 1 aliphatic carbocycles. The first-order chi connectivity index (χ1) is 15.6. The summed E-state index contributed by atoms with van der Waals surface area (Å²) in [5.41, 5.74) is 2.37. The molecule has 166 valence electrons. The van der Waals surface area contributed by atoms with E-state index in [4.69, 9.17) is 9.47 Å². The summed E-state index contributed by atoms with van der Waals surface area (Å²) >= 11 is 0. The number of ketones is 1. The van der Waals surface area contributed by atoms with Gasteiger partial charge in [-0.05, 0) is 55.5 Å². The third kappa shape index (κ3) is 3.34. The Kier molecular flexibility index (Phi) is 5.37. The van der Waals surface area contributed by atoms with E-state index in [0.717, 1.165) is 49.8 Å². The van der Waals surface area contributed by atoms with Crippen LogP contribution in [0.5, 0.6) is 11.5 Å². The van der Waals surface area contributed by atoms with Crippen LogP contribution in [-0.4, -0.2) is 41.5 Å². The second-order valence-electron chi connectivity index (χ2n) is 8.66. The minimum Gasteiger partial charge on any atom is -0.507 e. The maximum absolute atomic E-state index is 13.3. The predicted molar refractivity (Wildman–Crippen MR) is 120 cm³/mol. The lowest BCUT2D eigenvalue weighted by atomic mass is 9.93. The number of aliphatic hydroxyl groups is 1. The number of rotatable bonds is 4. The van der Waals surface area contributed by atoms with E-state index in [1.165, 1.54) is 0 Å². The number of fused-ring (bicyclic) bond motifs is 1. The number of benzene rings is 2. The Labute approximate surface area is 187 Å². The van der Waals surface area contributed by atoms with Crippen LogP contribution in [0.15, 0.2) is 48.0 Å². The van der Waals surface area contributed by atoms with Crippen LogP contribution in [0.4, 0.5) is 0 Å². The molecule has 6 nitrogen and oxygen atoms in total. The summed E-state index contributed by atoms with van der Waals surface area (Å²) in [5.74, 6) is 0.0654. The van der Waals surface area contributed by atoms with Crippen LogP contribution in [0.3, 0.4) is 0 Å². The average Bonchev–Trinajstić information content (AvgIpc) is 3.45. The van der Waals surface area contributed by atoms with Gasteiger partial charge in [0.25, 0.3) is 11.7 Å². The van der Waals surface area contributed by atoms with Crippen LogP contribution in [-0.2, 0) is 16.0 Å². The Morgan fingerprint density at radius 3 is 2.66 bits per heavy atom. The van der Waals surface area contributed by atoms with E-state index in [2.05, 4.69) is 0 Å². The van der Waals surface area contributed by atoms with E-state index in [1.807, 2.05) is 36.4 Å². The zero-order chi connectivity index (χ0) is 22.2. The number of amides is 1. The van der Waals surface area contributed by atoms with Gasteiger partial charge in [-0.25, -0.2) is 0 Å². The van der Waals surface area contributed by atoms with Gasteiger partial charge in [0.05, 0.1) is 25.3 Å². The number of Topliss-reactive ketones (excluding diaryl/α,β-unsaturated/α-hetero) is 1. The molecule has 0 spiro atoms. The molecule has 5 rings (SSSR count). The lowest BCUT2D eigenvalue weighted by Crippen LogP contribution is -2.37. The van der Waals surface area contributed by atoms with Crippen molar-refractivity contribution < 1.29 is 24.2 Å². The molecule has 0 radical (unpaired) electrons. The topological polar surface area (TPSA) is 76.1 Å². The lowest BCUT2D eigenvalue weighted by molar-refractivity contribution is -0.141. The van der Waals surface area contributed by atoms with E-state index >= 15 is 0 Å². The first-order valence-corrected chi connectivity index (χ1v) is 11.3. The second kappa shape index (κ2) is 8.34. The third-order valence-electron chi connectivity index (χ3n) is 6.81. The number of carbonyl (C=O) groups is 2. The molecule has 1 saturated heterocycles. The molecule has 2 fully saturated rings. The van der Waals surface area contributed by atoms with Crippen LogP contribution < -0.4 is 9.47 Å². The highest BCUT2D eigenvalue weighted by Gasteiger charge is 2.50. The molecular weight excluding hydrogens is 406 g/mol. The Balaban J connectivity index is 1.68. The largest absolute Gasteiger partial charge is 0.507 e. The van der Waals surface area contributed by atoms with Crippen molar-refractivity contribution in [1.82, 2.24) is 4.90 Å². The van der Waals surface area contributed by atoms with Crippen molar-refractivity contribution in [3.8, 4) is 11.5 Å². The van der Waals surface area contributed by atoms with Crippen molar-refractivity contribution in [2.75, 3.05) is 13.7 Å². The number of aryl methyl sites for hydroxylation is 1. The molecule has 1 saturated carbocycles. The first kappa shape index (κ1) is 20.6. The van der Waals surface area contributed by atoms with Gasteiger partial charge in [0, 0.05) is 17.2 Å². The molecule has 1 amide bonds. The van der Waals surface area contributed by atoms with Gasteiger partial charge in [-0.2, -0.15) is 0 Å². The Hall–Kier alpha value is -3.28. The number of carbonyl (C=O) groups excluding carboxylic acids is 2. The molecule has 2 aromatic carbocycles. The highest BCUT2D eigenvalue weighted by molar-refractivity contribution is 6.46. The summed E-state index contributed by atoms with van der Waals surface area (Å²) in [4.78, 5) is 28.2. The predicted octanol–water partition coefficient (Wildman–Crippen LogP) is 4.38. The summed E-state index contributed by atoms with van der Waals surface area (Å²) in [5, 5.41) is 11.4. The maximum atomic E-state index is 13.3. The fraction of sp³-hybridized carbons (Fsp3) is 0.385. The molecule has 2 aromatic rings. The molecule has 2 heterocycles. The Bertz CT molecular complexity index is 1100. The van der Waals surface area contributed by atoms with Gasteiger partial charge in [-0.15, -0.1) is 0 Å². The third-order valence-corrected chi connectivity index (χ3v) is 6.81. The zero-order valence-electron chi connectivity index (χ0n) is 18.2. The summed E-state index contributed by atoms with van der Waals surface area (Å²) in [6.45, 7) is 0.679. The van der Waals surface area contributed by atoms with Gasteiger partial charge in [-0.1, -0.05) is 31.0 Å². The van der Waals surface area contributed by atoms with E-state index in [-0.39, 0.29) is 17.4 Å². The van der Waals surface area contributed by atoms with Crippen LogP contribution in [0.1, 0.15) is 54.8 Å². The Morgan fingerprint density at radius 2 is 1.88 bits per heavy atom. The molecule has 6 heteroatoms. The van der Waals surface area contributed by atoms with Crippen molar-refractivity contribution in [2.24, 2.45) is 0 Å². The number of hydrogen-bond acceptors (Lipinski definition) is 5. The van der Waals surface area contributed by atoms with Gasteiger partial charge < -0.3 is 19.5 Å². The monoisotopic (exact) mass is 433 g/mol. The highest BCUT2D eigenvalue weighted by atomic mass is 16.5. The molecule has 0 bridgehead atoms. The van der Waals surface area contributed by atoms with Crippen molar-refractivity contribution in [1.29, 1.82) is 0 Å². The van der Waals surface area contributed by atoms with Gasteiger partial charge >= 0.3 is 0 Å².